The molecule has 0 radical (unpaired) electrons. The minimum absolute atomic E-state index is 0.113. The Balaban J connectivity index is 1.74. The number of rotatable bonds is 11. The SMILES string of the molecule is CCCOC(C)(CC)C(=O)Nc1ccc(OCCCN2CCOCC2)cc1. The van der Waals surface area contributed by atoms with Crippen molar-refractivity contribution in [1.29, 1.82) is 0 Å². The van der Waals surface area contributed by atoms with Gasteiger partial charge in [0.05, 0.1) is 19.8 Å². The summed E-state index contributed by atoms with van der Waals surface area (Å²) in [6.07, 6.45) is 2.51. The van der Waals surface area contributed by atoms with Crippen molar-refractivity contribution >= 4 is 11.6 Å². The van der Waals surface area contributed by atoms with Crippen molar-refractivity contribution < 1.29 is 19.0 Å². The van der Waals surface area contributed by atoms with E-state index in [1.165, 1.54) is 0 Å². The molecule has 0 aliphatic carbocycles. The largest absolute Gasteiger partial charge is 0.494 e. The number of benzene rings is 1. The first-order chi connectivity index (χ1) is 13.1. The molecule has 1 atom stereocenters. The van der Waals surface area contributed by atoms with Crippen molar-refractivity contribution in [2.45, 2.75) is 45.6 Å². The van der Waals surface area contributed by atoms with Gasteiger partial charge in [0.2, 0.25) is 0 Å². The molecular weight excluding hydrogens is 344 g/mol. The minimum atomic E-state index is -0.801. The summed E-state index contributed by atoms with van der Waals surface area (Å²) < 4.78 is 16.9. The first kappa shape index (κ1) is 21.7. The van der Waals surface area contributed by atoms with E-state index in [1.54, 1.807) is 0 Å². The number of carbonyl (C=O) groups is 1. The third-order valence-electron chi connectivity index (χ3n) is 4.88. The lowest BCUT2D eigenvalue weighted by Gasteiger charge is -2.27. The maximum Gasteiger partial charge on any atom is 0.256 e. The Morgan fingerprint density at radius 3 is 2.52 bits per heavy atom. The molecule has 0 bridgehead atoms. The zero-order valence-corrected chi connectivity index (χ0v) is 17.0. The average molecular weight is 379 g/mol. The first-order valence-corrected chi connectivity index (χ1v) is 10.1. The molecule has 1 unspecified atom stereocenters. The Kier molecular flexibility index (Phi) is 9.04. The predicted octanol–water partition coefficient (Wildman–Crippen LogP) is 3.32. The smallest absolute Gasteiger partial charge is 0.256 e. The maximum absolute atomic E-state index is 12.5. The molecule has 2 rings (SSSR count). The van der Waals surface area contributed by atoms with Crippen molar-refractivity contribution in [3.63, 3.8) is 0 Å². The van der Waals surface area contributed by atoms with Gasteiger partial charge >= 0.3 is 0 Å². The van der Waals surface area contributed by atoms with E-state index in [1.807, 2.05) is 45.0 Å². The molecule has 1 heterocycles. The molecule has 152 valence electrons. The minimum Gasteiger partial charge on any atom is -0.494 e. The number of amides is 1. The lowest BCUT2D eigenvalue weighted by molar-refractivity contribution is -0.139. The molecule has 0 saturated carbocycles. The average Bonchev–Trinajstić information content (AvgIpc) is 2.71. The van der Waals surface area contributed by atoms with E-state index in [-0.39, 0.29) is 5.91 Å². The van der Waals surface area contributed by atoms with Gasteiger partial charge in [0, 0.05) is 31.9 Å². The van der Waals surface area contributed by atoms with Gasteiger partial charge in [-0.05, 0) is 50.5 Å². The van der Waals surface area contributed by atoms with Crippen molar-refractivity contribution in [2.24, 2.45) is 0 Å². The Bertz CT molecular complexity index is 558. The highest BCUT2D eigenvalue weighted by molar-refractivity contribution is 5.97. The fourth-order valence-corrected chi connectivity index (χ4v) is 2.86. The van der Waals surface area contributed by atoms with Crippen molar-refractivity contribution in [2.75, 3.05) is 51.4 Å². The fourth-order valence-electron chi connectivity index (χ4n) is 2.86. The number of nitrogens with one attached hydrogen (secondary N) is 1. The van der Waals surface area contributed by atoms with Crippen molar-refractivity contribution in [3.05, 3.63) is 24.3 Å². The number of nitrogens with zero attached hydrogens (tertiary/aromatic N) is 1. The first-order valence-electron chi connectivity index (χ1n) is 10.1. The highest BCUT2D eigenvalue weighted by atomic mass is 16.5. The molecule has 6 heteroatoms. The summed E-state index contributed by atoms with van der Waals surface area (Å²) in [5.41, 5.74) is -0.0505. The van der Waals surface area contributed by atoms with Gasteiger partial charge in [0.25, 0.3) is 5.91 Å². The van der Waals surface area contributed by atoms with E-state index in [0.717, 1.165) is 57.1 Å². The van der Waals surface area contributed by atoms with Crippen LogP contribution >= 0.6 is 0 Å². The van der Waals surface area contributed by atoms with Gasteiger partial charge in [-0.25, -0.2) is 0 Å². The fraction of sp³-hybridized carbons (Fsp3) is 0.667. The lowest BCUT2D eigenvalue weighted by atomic mass is 10.0. The third-order valence-corrected chi connectivity index (χ3v) is 4.88. The summed E-state index contributed by atoms with van der Waals surface area (Å²) in [5.74, 6) is 0.702. The summed E-state index contributed by atoms with van der Waals surface area (Å²) in [5, 5.41) is 2.94. The molecule has 1 N–H and O–H groups in total. The topological polar surface area (TPSA) is 60.0 Å². The monoisotopic (exact) mass is 378 g/mol. The van der Waals surface area contributed by atoms with Gasteiger partial charge in [0.15, 0.2) is 0 Å². The molecule has 6 nitrogen and oxygen atoms in total. The Hall–Kier alpha value is -1.63. The quantitative estimate of drug-likeness (QED) is 0.599. The van der Waals surface area contributed by atoms with E-state index in [2.05, 4.69) is 10.2 Å². The van der Waals surface area contributed by atoms with Crippen molar-refractivity contribution in [1.82, 2.24) is 4.90 Å². The Labute approximate surface area is 163 Å². The molecular formula is C21H34N2O4. The van der Waals surface area contributed by atoms with Gasteiger partial charge in [-0.3, -0.25) is 9.69 Å². The zero-order valence-electron chi connectivity index (χ0n) is 17.0. The van der Waals surface area contributed by atoms with Crippen LogP contribution in [0.5, 0.6) is 5.75 Å². The van der Waals surface area contributed by atoms with E-state index in [4.69, 9.17) is 14.2 Å². The van der Waals surface area contributed by atoms with Crippen LogP contribution in [0.25, 0.3) is 0 Å². The van der Waals surface area contributed by atoms with Gasteiger partial charge in [-0.2, -0.15) is 0 Å². The second-order valence-corrected chi connectivity index (χ2v) is 7.07. The van der Waals surface area contributed by atoms with Gasteiger partial charge in [0.1, 0.15) is 11.4 Å². The van der Waals surface area contributed by atoms with Crippen LogP contribution in [-0.4, -0.2) is 62.5 Å². The van der Waals surface area contributed by atoms with Crippen LogP contribution in [0, 0.1) is 0 Å². The van der Waals surface area contributed by atoms with E-state index in [0.29, 0.717) is 19.6 Å². The molecule has 1 aromatic rings. The van der Waals surface area contributed by atoms with Crippen LogP contribution in [0.3, 0.4) is 0 Å². The lowest BCUT2D eigenvalue weighted by Crippen LogP contribution is -2.42. The summed E-state index contributed by atoms with van der Waals surface area (Å²) in [6.45, 7) is 11.8. The van der Waals surface area contributed by atoms with E-state index < -0.39 is 5.60 Å². The zero-order chi connectivity index (χ0) is 19.5. The van der Waals surface area contributed by atoms with E-state index >= 15 is 0 Å². The molecule has 0 aromatic heterocycles. The number of ether oxygens (including phenoxy) is 3. The summed E-state index contributed by atoms with van der Waals surface area (Å²) in [6, 6.07) is 7.51. The number of hydrogen-bond acceptors (Lipinski definition) is 5. The highest BCUT2D eigenvalue weighted by Gasteiger charge is 2.32. The molecule has 0 spiro atoms. The standard InChI is InChI=1S/C21H34N2O4/c1-4-14-27-21(3,5-2)20(24)22-18-7-9-19(10-8-18)26-15-6-11-23-12-16-25-17-13-23/h7-10H,4-6,11-17H2,1-3H3,(H,22,24). The second kappa shape index (κ2) is 11.3. The highest BCUT2D eigenvalue weighted by Crippen LogP contribution is 2.21. The van der Waals surface area contributed by atoms with Crippen LogP contribution in [0.2, 0.25) is 0 Å². The van der Waals surface area contributed by atoms with Crippen LogP contribution in [0.1, 0.15) is 40.0 Å². The number of anilines is 1. The summed E-state index contributed by atoms with van der Waals surface area (Å²) in [4.78, 5) is 14.9. The summed E-state index contributed by atoms with van der Waals surface area (Å²) in [7, 11) is 0. The molecule has 1 amide bonds. The molecule has 1 saturated heterocycles. The molecule has 1 aliphatic rings. The van der Waals surface area contributed by atoms with Crippen LogP contribution in [0.4, 0.5) is 5.69 Å². The number of carbonyl (C=O) groups excluding carboxylic acids is 1. The molecule has 1 fully saturated rings. The van der Waals surface area contributed by atoms with Crippen LogP contribution < -0.4 is 10.1 Å². The molecule has 1 aromatic carbocycles. The predicted molar refractivity (Wildman–Crippen MR) is 107 cm³/mol. The molecule has 1 aliphatic heterocycles. The Morgan fingerprint density at radius 2 is 1.89 bits per heavy atom. The number of hydrogen-bond donors (Lipinski definition) is 1. The van der Waals surface area contributed by atoms with Gasteiger partial charge in [-0.1, -0.05) is 13.8 Å². The summed E-state index contributed by atoms with van der Waals surface area (Å²) >= 11 is 0. The maximum atomic E-state index is 12.5. The van der Waals surface area contributed by atoms with Gasteiger partial charge < -0.3 is 19.5 Å². The normalized spacial score (nSPS) is 17.3. The second-order valence-electron chi connectivity index (χ2n) is 7.07. The van der Waals surface area contributed by atoms with Crippen molar-refractivity contribution in [3.8, 4) is 5.75 Å². The van der Waals surface area contributed by atoms with Gasteiger partial charge in [-0.15, -0.1) is 0 Å². The third kappa shape index (κ3) is 7.13. The Morgan fingerprint density at radius 1 is 1.19 bits per heavy atom. The molecule has 27 heavy (non-hydrogen) atoms. The van der Waals surface area contributed by atoms with Crippen LogP contribution in [-0.2, 0) is 14.3 Å². The van der Waals surface area contributed by atoms with E-state index in [9.17, 15) is 4.79 Å². The number of morpholine rings is 1. The van der Waals surface area contributed by atoms with Crippen LogP contribution in [0.15, 0.2) is 24.3 Å².